The van der Waals surface area contributed by atoms with E-state index in [2.05, 4.69) is 5.32 Å². The van der Waals surface area contributed by atoms with Crippen LogP contribution in [0.15, 0.2) is 33.5 Å². The van der Waals surface area contributed by atoms with Crippen molar-refractivity contribution in [2.24, 2.45) is 5.41 Å². The molecule has 0 saturated heterocycles. The molecule has 0 spiro atoms. The van der Waals surface area contributed by atoms with Crippen molar-refractivity contribution < 1.29 is 14.3 Å². The van der Waals surface area contributed by atoms with E-state index in [1.807, 2.05) is 26.0 Å². The second-order valence-electron chi connectivity index (χ2n) is 6.25. The number of aryl methyl sites for hydroxylation is 1. The Hall–Kier alpha value is -2.14. The fraction of sp³-hybridized carbons (Fsp3) is 0.474. The van der Waals surface area contributed by atoms with Gasteiger partial charge in [-0.15, -0.1) is 0 Å². The lowest BCUT2D eigenvalue weighted by molar-refractivity contribution is 0.0903. The first kappa shape index (κ1) is 18.2. The smallest absolute Gasteiger partial charge is 0.349 e. The van der Waals surface area contributed by atoms with E-state index in [9.17, 15) is 14.7 Å². The van der Waals surface area contributed by atoms with Crippen molar-refractivity contribution in [3.05, 3.63) is 45.8 Å². The maximum Gasteiger partial charge on any atom is 0.349 e. The lowest BCUT2D eigenvalue weighted by Gasteiger charge is -2.31. The predicted octanol–water partition coefficient (Wildman–Crippen LogP) is 3.02. The van der Waals surface area contributed by atoms with Gasteiger partial charge in [-0.3, -0.25) is 4.79 Å². The van der Waals surface area contributed by atoms with E-state index in [4.69, 9.17) is 4.42 Å². The van der Waals surface area contributed by atoms with Gasteiger partial charge in [0.25, 0.3) is 5.91 Å². The quantitative estimate of drug-likeness (QED) is 0.764. The molecule has 0 fully saturated rings. The second kappa shape index (κ2) is 7.62. The van der Waals surface area contributed by atoms with Crippen LogP contribution in [-0.2, 0) is 0 Å². The Morgan fingerprint density at radius 3 is 2.54 bits per heavy atom. The van der Waals surface area contributed by atoms with E-state index in [-0.39, 0.29) is 17.6 Å². The maximum absolute atomic E-state index is 12.6. The molecule has 0 saturated carbocycles. The number of rotatable bonds is 7. The molecule has 1 amide bonds. The van der Waals surface area contributed by atoms with Crippen molar-refractivity contribution in [2.75, 3.05) is 13.2 Å². The van der Waals surface area contributed by atoms with Gasteiger partial charge < -0.3 is 14.8 Å². The molecule has 0 radical (unpaired) electrons. The van der Waals surface area contributed by atoms with Crippen LogP contribution in [0.5, 0.6) is 0 Å². The molecule has 24 heavy (non-hydrogen) atoms. The number of carbonyl (C=O) groups is 1. The molecule has 1 aromatic heterocycles. The van der Waals surface area contributed by atoms with Crippen LogP contribution < -0.4 is 10.9 Å². The van der Waals surface area contributed by atoms with Crippen LogP contribution in [0.1, 0.15) is 49.0 Å². The maximum atomic E-state index is 12.6. The number of nitrogens with one attached hydrogen (secondary N) is 1. The fourth-order valence-corrected chi connectivity index (χ4v) is 3.10. The van der Waals surface area contributed by atoms with Crippen LogP contribution in [-0.4, -0.2) is 24.2 Å². The molecule has 0 unspecified atom stereocenters. The number of carbonyl (C=O) groups excluding carboxylic acids is 1. The van der Waals surface area contributed by atoms with Crippen molar-refractivity contribution in [1.29, 1.82) is 0 Å². The first-order valence-corrected chi connectivity index (χ1v) is 8.39. The molecule has 5 heteroatoms. The Morgan fingerprint density at radius 1 is 1.25 bits per heavy atom. The summed E-state index contributed by atoms with van der Waals surface area (Å²) in [5, 5.41) is 12.9. The topological polar surface area (TPSA) is 79.5 Å². The van der Waals surface area contributed by atoms with Gasteiger partial charge in [-0.05, 0) is 43.2 Å². The summed E-state index contributed by atoms with van der Waals surface area (Å²) in [6, 6.07) is 7.18. The van der Waals surface area contributed by atoms with Gasteiger partial charge >= 0.3 is 5.63 Å². The van der Waals surface area contributed by atoms with Crippen LogP contribution >= 0.6 is 0 Å². The molecular weight excluding hydrogens is 306 g/mol. The molecule has 5 nitrogen and oxygen atoms in total. The molecule has 0 aliphatic heterocycles. The lowest BCUT2D eigenvalue weighted by atomic mass is 9.79. The summed E-state index contributed by atoms with van der Waals surface area (Å²) in [5.74, 6) is -0.420. The van der Waals surface area contributed by atoms with Gasteiger partial charge in [-0.1, -0.05) is 32.0 Å². The third-order valence-electron chi connectivity index (χ3n) is 5.07. The normalized spacial score (nSPS) is 11.7. The zero-order chi connectivity index (χ0) is 17.7. The number of aliphatic hydroxyl groups excluding tert-OH is 1. The first-order chi connectivity index (χ1) is 11.5. The Balaban J connectivity index is 2.30. The SMILES string of the molecule is CCC(CC)(CCO)CNC(=O)c1c(C)c2ccccc2oc1=O. The van der Waals surface area contributed by atoms with Crippen molar-refractivity contribution in [3.63, 3.8) is 0 Å². The van der Waals surface area contributed by atoms with E-state index in [1.165, 1.54) is 0 Å². The molecule has 0 atom stereocenters. The van der Waals surface area contributed by atoms with E-state index in [0.29, 0.717) is 24.1 Å². The van der Waals surface area contributed by atoms with Crippen LogP contribution in [0, 0.1) is 12.3 Å². The van der Waals surface area contributed by atoms with Gasteiger partial charge in [0, 0.05) is 18.5 Å². The predicted molar refractivity (Wildman–Crippen MR) is 94.3 cm³/mol. The molecule has 2 N–H and O–H groups in total. The minimum Gasteiger partial charge on any atom is -0.422 e. The number of aliphatic hydroxyl groups is 1. The number of amides is 1. The van der Waals surface area contributed by atoms with Gasteiger partial charge in [0.05, 0.1) is 0 Å². The first-order valence-electron chi connectivity index (χ1n) is 8.39. The molecule has 2 rings (SSSR count). The Bertz CT molecular complexity index is 775. The summed E-state index contributed by atoms with van der Waals surface area (Å²) >= 11 is 0. The number of fused-ring (bicyclic) bond motifs is 1. The molecule has 0 aliphatic carbocycles. The van der Waals surface area contributed by atoms with Gasteiger partial charge in [-0.2, -0.15) is 0 Å². The summed E-state index contributed by atoms with van der Waals surface area (Å²) in [6.07, 6.45) is 2.30. The summed E-state index contributed by atoms with van der Waals surface area (Å²) in [5.41, 5.74) is 0.381. The highest BCUT2D eigenvalue weighted by Crippen LogP contribution is 2.29. The summed E-state index contributed by atoms with van der Waals surface area (Å²) in [7, 11) is 0. The molecule has 1 aromatic carbocycles. The third kappa shape index (κ3) is 3.51. The molecular formula is C19H25NO4. The Morgan fingerprint density at radius 2 is 1.92 bits per heavy atom. The fourth-order valence-electron chi connectivity index (χ4n) is 3.10. The zero-order valence-corrected chi connectivity index (χ0v) is 14.5. The average Bonchev–Trinajstić information content (AvgIpc) is 2.59. The van der Waals surface area contributed by atoms with Gasteiger partial charge in [0.15, 0.2) is 0 Å². The monoisotopic (exact) mass is 331 g/mol. The summed E-state index contributed by atoms with van der Waals surface area (Å²) in [4.78, 5) is 24.8. The van der Waals surface area contributed by atoms with Crippen LogP contribution in [0.3, 0.4) is 0 Å². The van der Waals surface area contributed by atoms with Gasteiger partial charge in [0.2, 0.25) is 0 Å². The second-order valence-corrected chi connectivity index (χ2v) is 6.25. The largest absolute Gasteiger partial charge is 0.422 e. The van der Waals surface area contributed by atoms with E-state index in [0.717, 1.165) is 18.2 Å². The number of para-hydroxylation sites is 1. The Kier molecular flexibility index (Phi) is 5.78. The van der Waals surface area contributed by atoms with E-state index in [1.54, 1.807) is 19.1 Å². The molecule has 130 valence electrons. The average molecular weight is 331 g/mol. The van der Waals surface area contributed by atoms with Gasteiger partial charge in [-0.25, -0.2) is 4.79 Å². The molecule has 0 aliphatic rings. The highest BCUT2D eigenvalue weighted by molar-refractivity contribution is 5.99. The van der Waals surface area contributed by atoms with Crippen molar-refractivity contribution >= 4 is 16.9 Å². The lowest BCUT2D eigenvalue weighted by Crippen LogP contribution is -2.39. The van der Waals surface area contributed by atoms with Crippen LogP contribution in [0.2, 0.25) is 0 Å². The van der Waals surface area contributed by atoms with Crippen LogP contribution in [0.25, 0.3) is 11.0 Å². The Labute approximate surface area is 141 Å². The summed E-state index contributed by atoms with van der Waals surface area (Å²) in [6.45, 7) is 6.34. The molecule has 0 bridgehead atoms. The van der Waals surface area contributed by atoms with Gasteiger partial charge in [0.1, 0.15) is 11.1 Å². The van der Waals surface area contributed by atoms with E-state index >= 15 is 0 Å². The number of benzene rings is 1. The van der Waals surface area contributed by atoms with Crippen molar-refractivity contribution in [2.45, 2.75) is 40.0 Å². The zero-order valence-electron chi connectivity index (χ0n) is 14.5. The minimum atomic E-state index is -0.621. The highest BCUT2D eigenvalue weighted by atomic mass is 16.4. The van der Waals surface area contributed by atoms with Crippen molar-refractivity contribution in [3.8, 4) is 0 Å². The summed E-state index contributed by atoms with van der Waals surface area (Å²) < 4.78 is 5.27. The standard InChI is InChI=1S/C19H25NO4/c1-4-19(5-2,10-11-21)12-20-17(22)16-13(3)14-8-6-7-9-15(14)24-18(16)23/h6-9,21H,4-5,10-12H2,1-3H3,(H,20,22). The third-order valence-corrected chi connectivity index (χ3v) is 5.07. The van der Waals surface area contributed by atoms with Crippen molar-refractivity contribution in [1.82, 2.24) is 5.32 Å². The highest BCUT2D eigenvalue weighted by Gasteiger charge is 2.27. The number of hydrogen-bond donors (Lipinski definition) is 2. The van der Waals surface area contributed by atoms with E-state index < -0.39 is 11.5 Å². The molecule has 1 heterocycles. The minimum absolute atomic E-state index is 0.0544. The van der Waals surface area contributed by atoms with Crippen LogP contribution in [0.4, 0.5) is 0 Å². The molecule has 2 aromatic rings. The number of hydrogen-bond acceptors (Lipinski definition) is 4.